The molecule has 1 N–H and O–H groups in total. The third kappa shape index (κ3) is 1.56. The molecule has 1 fully saturated rings. The van der Waals surface area contributed by atoms with E-state index in [1.54, 1.807) is 0 Å². The van der Waals surface area contributed by atoms with E-state index in [-0.39, 0.29) is 0 Å². The van der Waals surface area contributed by atoms with Gasteiger partial charge in [-0.3, -0.25) is 0 Å². The van der Waals surface area contributed by atoms with Crippen LogP contribution in [0.1, 0.15) is 45.4 Å². The second kappa shape index (κ2) is 3.93. The highest BCUT2D eigenvalue weighted by atomic mass is 16.5. The van der Waals surface area contributed by atoms with Crippen LogP contribution in [-0.4, -0.2) is 17.3 Å². The minimum atomic E-state index is -0.533. The summed E-state index contributed by atoms with van der Waals surface area (Å²) in [5.74, 6) is 0.454. The fourth-order valence-corrected chi connectivity index (χ4v) is 2.91. The van der Waals surface area contributed by atoms with Gasteiger partial charge in [-0.15, -0.1) is 0 Å². The molecule has 0 aromatic heterocycles. The van der Waals surface area contributed by atoms with Crippen molar-refractivity contribution in [2.24, 2.45) is 5.92 Å². The molecule has 1 heterocycles. The molecule has 2 atom stereocenters. The molecule has 0 aromatic rings. The largest absolute Gasteiger partial charge is 0.501 e. The van der Waals surface area contributed by atoms with Crippen LogP contribution in [0.4, 0.5) is 0 Å². The van der Waals surface area contributed by atoms with Crippen molar-refractivity contribution in [3.8, 4) is 0 Å². The van der Waals surface area contributed by atoms with E-state index in [0.717, 1.165) is 44.3 Å². The minimum absolute atomic E-state index is 0.454. The van der Waals surface area contributed by atoms with E-state index < -0.39 is 5.60 Å². The monoisotopic (exact) mass is 196 g/mol. The third-order valence-corrected chi connectivity index (χ3v) is 3.77. The quantitative estimate of drug-likeness (QED) is 0.735. The van der Waals surface area contributed by atoms with E-state index in [2.05, 4.69) is 6.92 Å². The molecule has 14 heavy (non-hydrogen) atoms. The first-order chi connectivity index (χ1) is 6.77. The van der Waals surface area contributed by atoms with Crippen LogP contribution in [0.3, 0.4) is 0 Å². The van der Waals surface area contributed by atoms with Crippen molar-refractivity contribution >= 4 is 0 Å². The number of hydrogen-bond acceptors (Lipinski definition) is 2. The van der Waals surface area contributed by atoms with Crippen molar-refractivity contribution in [3.63, 3.8) is 0 Å². The molecule has 1 aliphatic carbocycles. The van der Waals surface area contributed by atoms with Crippen LogP contribution in [0.25, 0.3) is 0 Å². The SMILES string of the molecule is CCC1CCCC1(O)C1=COCCC1. The van der Waals surface area contributed by atoms with Gasteiger partial charge in [-0.25, -0.2) is 0 Å². The van der Waals surface area contributed by atoms with Crippen LogP contribution in [0, 0.1) is 5.92 Å². The van der Waals surface area contributed by atoms with E-state index >= 15 is 0 Å². The van der Waals surface area contributed by atoms with Crippen LogP contribution < -0.4 is 0 Å². The van der Waals surface area contributed by atoms with Crippen molar-refractivity contribution < 1.29 is 9.84 Å². The molecule has 1 saturated carbocycles. The second-order valence-corrected chi connectivity index (χ2v) is 4.54. The van der Waals surface area contributed by atoms with E-state index in [4.69, 9.17) is 4.74 Å². The summed E-state index contributed by atoms with van der Waals surface area (Å²) in [6.45, 7) is 2.99. The van der Waals surface area contributed by atoms with Gasteiger partial charge in [0.15, 0.2) is 0 Å². The molecule has 0 aromatic carbocycles. The molecule has 2 aliphatic rings. The minimum Gasteiger partial charge on any atom is -0.501 e. The van der Waals surface area contributed by atoms with Crippen molar-refractivity contribution in [1.82, 2.24) is 0 Å². The lowest BCUT2D eigenvalue weighted by molar-refractivity contribution is 0.0250. The lowest BCUT2D eigenvalue weighted by Crippen LogP contribution is -2.36. The molecule has 0 spiro atoms. The maximum absolute atomic E-state index is 10.6. The Hall–Kier alpha value is -0.500. The highest BCUT2D eigenvalue weighted by molar-refractivity contribution is 5.20. The molecule has 2 nitrogen and oxygen atoms in total. The van der Waals surface area contributed by atoms with E-state index in [1.165, 1.54) is 6.42 Å². The van der Waals surface area contributed by atoms with Crippen LogP contribution in [0.2, 0.25) is 0 Å². The number of ether oxygens (including phenoxy) is 1. The van der Waals surface area contributed by atoms with Gasteiger partial charge < -0.3 is 9.84 Å². The van der Waals surface area contributed by atoms with E-state index in [1.807, 2.05) is 6.26 Å². The zero-order valence-electron chi connectivity index (χ0n) is 8.96. The van der Waals surface area contributed by atoms with Crippen LogP contribution in [0.15, 0.2) is 11.8 Å². The van der Waals surface area contributed by atoms with Crippen molar-refractivity contribution in [3.05, 3.63) is 11.8 Å². The van der Waals surface area contributed by atoms with Gasteiger partial charge in [-0.1, -0.05) is 13.3 Å². The summed E-state index contributed by atoms with van der Waals surface area (Å²) in [5.41, 5.74) is 0.614. The molecule has 1 aliphatic heterocycles. The lowest BCUT2D eigenvalue weighted by atomic mass is 9.80. The van der Waals surface area contributed by atoms with Crippen LogP contribution in [0.5, 0.6) is 0 Å². The molecular weight excluding hydrogens is 176 g/mol. The summed E-state index contributed by atoms with van der Waals surface area (Å²) in [6, 6.07) is 0. The standard InChI is InChI=1S/C12H20O2/c1-2-10-5-3-7-12(10,13)11-6-4-8-14-9-11/h9-10,13H,2-8H2,1H3. The van der Waals surface area contributed by atoms with Crippen LogP contribution >= 0.6 is 0 Å². The summed E-state index contributed by atoms with van der Waals surface area (Å²) < 4.78 is 5.33. The number of aliphatic hydroxyl groups is 1. The molecule has 0 amide bonds. The summed E-state index contributed by atoms with van der Waals surface area (Å²) in [6.07, 6.45) is 8.24. The first-order valence-electron chi connectivity index (χ1n) is 5.81. The van der Waals surface area contributed by atoms with E-state index in [9.17, 15) is 5.11 Å². The first-order valence-corrected chi connectivity index (χ1v) is 5.81. The van der Waals surface area contributed by atoms with Crippen molar-refractivity contribution in [2.45, 2.75) is 51.0 Å². The Morgan fingerprint density at radius 2 is 2.43 bits per heavy atom. The summed E-state index contributed by atoms with van der Waals surface area (Å²) in [5, 5.41) is 10.6. The molecule has 2 rings (SSSR count). The van der Waals surface area contributed by atoms with Crippen molar-refractivity contribution in [2.75, 3.05) is 6.61 Å². The predicted molar refractivity (Wildman–Crippen MR) is 55.9 cm³/mol. The van der Waals surface area contributed by atoms with Crippen molar-refractivity contribution in [1.29, 1.82) is 0 Å². The molecule has 0 bridgehead atoms. The van der Waals surface area contributed by atoms with Gasteiger partial charge in [0.2, 0.25) is 0 Å². The number of hydrogen-bond donors (Lipinski definition) is 1. The predicted octanol–water partition coefficient (Wildman–Crippen LogP) is 2.62. The zero-order chi connectivity index (χ0) is 10.0. The summed E-state index contributed by atoms with van der Waals surface area (Å²) in [7, 11) is 0. The molecule has 0 radical (unpaired) electrons. The van der Waals surface area contributed by atoms with Gasteiger partial charge in [0.1, 0.15) is 0 Å². The number of rotatable bonds is 2. The Balaban J connectivity index is 2.16. The third-order valence-electron chi connectivity index (χ3n) is 3.77. The Morgan fingerprint density at radius 3 is 3.07 bits per heavy atom. The Labute approximate surface area is 86.0 Å². The lowest BCUT2D eigenvalue weighted by Gasteiger charge is -2.33. The maximum atomic E-state index is 10.6. The summed E-state index contributed by atoms with van der Waals surface area (Å²) in [4.78, 5) is 0. The molecule has 2 unspecified atom stereocenters. The summed E-state index contributed by atoms with van der Waals surface area (Å²) >= 11 is 0. The average molecular weight is 196 g/mol. The molecule has 80 valence electrons. The highest BCUT2D eigenvalue weighted by Crippen LogP contribution is 2.44. The van der Waals surface area contributed by atoms with Crippen LogP contribution in [-0.2, 0) is 4.74 Å². The maximum Gasteiger partial charge on any atom is 0.0916 e. The van der Waals surface area contributed by atoms with Gasteiger partial charge in [0, 0.05) is 0 Å². The van der Waals surface area contributed by atoms with Gasteiger partial charge in [0.05, 0.1) is 18.5 Å². The molecule has 2 heteroatoms. The molecule has 0 saturated heterocycles. The van der Waals surface area contributed by atoms with Gasteiger partial charge in [0.25, 0.3) is 0 Å². The van der Waals surface area contributed by atoms with Gasteiger partial charge >= 0.3 is 0 Å². The van der Waals surface area contributed by atoms with Gasteiger partial charge in [-0.2, -0.15) is 0 Å². The second-order valence-electron chi connectivity index (χ2n) is 4.54. The Kier molecular flexibility index (Phi) is 2.82. The molecular formula is C12H20O2. The smallest absolute Gasteiger partial charge is 0.0916 e. The zero-order valence-corrected chi connectivity index (χ0v) is 8.96. The fraction of sp³-hybridized carbons (Fsp3) is 0.833. The highest BCUT2D eigenvalue weighted by Gasteiger charge is 2.43. The Bertz CT molecular complexity index is 234. The normalized spacial score (nSPS) is 37.9. The van der Waals surface area contributed by atoms with Gasteiger partial charge in [-0.05, 0) is 43.6 Å². The fourth-order valence-electron chi connectivity index (χ4n) is 2.91. The van der Waals surface area contributed by atoms with E-state index in [0.29, 0.717) is 5.92 Å². The first kappa shape index (κ1) is 10.0. The average Bonchev–Trinajstić information content (AvgIpc) is 2.62. The Morgan fingerprint density at radius 1 is 1.57 bits per heavy atom. The topological polar surface area (TPSA) is 29.5 Å².